The van der Waals surface area contributed by atoms with Crippen LogP contribution in [-0.4, -0.2) is 47.6 Å². The molecule has 4 rings (SSSR count). The van der Waals surface area contributed by atoms with Crippen LogP contribution >= 0.6 is 11.6 Å². The fourth-order valence-electron chi connectivity index (χ4n) is 3.80. The number of ether oxygens (including phenoxy) is 2. The topological polar surface area (TPSA) is 114 Å². The van der Waals surface area contributed by atoms with E-state index in [0.29, 0.717) is 46.3 Å². The lowest BCUT2D eigenvalue weighted by atomic mass is 9.96. The first-order chi connectivity index (χ1) is 17.4. The third kappa shape index (κ3) is 5.72. The molecule has 0 saturated carbocycles. The molecule has 0 unspecified atom stereocenters. The van der Waals surface area contributed by atoms with Gasteiger partial charge in [0.2, 0.25) is 5.91 Å². The van der Waals surface area contributed by atoms with Gasteiger partial charge in [-0.3, -0.25) is 9.59 Å². The van der Waals surface area contributed by atoms with Crippen LogP contribution in [0.25, 0.3) is 0 Å². The Morgan fingerprint density at radius 3 is 2.64 bits per heavy atom. The number of anilines is 2. The molecule has 3 aromatic rings. The van der Waals surface area contributed by atoms with Gasteiger partial charge < -0.3 is 25.4 Å². The van der Waals surface area contributed by atoms with Crippen molar-refractivity contribution in [3.63, 3.8) is 0 Å². The summed E-state index contributed by atoms with van der Waals surface area (Å²) >= 11 is 6.47. The molecule has 1 aliphatic heterocycles. The van der Waals surface area contributed by atoms with Gasteiger partial charge in [-0.2, -0.15) is 0 Å². The van der Waals surface area contributed by atoms with Crippen molar-refractivity contribution in [3.8, 4) is 5.75 Å². The van der Waals surface area contributed by atoms with Crippen molar-refractivity contribution in [1.29, 1.82) is 0 Å². The van der Waals surface area contributed by atoms with Crippen molar-refractivity contribution < 1.29 is 23.5 Å². The summed E-state index contributed by atoms with van der Waals surface area (Å²) in [5, 5.41) is 9.19. The largest absolute Gasteiger partial charge is 0.497 e. The van der Waals surface area contributed by atoms with E-state index in [1.165, 1.54) is 25.8 Å². The molecule has 2 aromatic carbocycles. The molecule has 2 heterocycles. The average Bonchev–Trinajstić information content (AvgIpc) is 3.38. The monoisotopic (exact) mass is 513 g/mol. The van der Waals surface area contributed by atoms with E-state index in [2.05, 4.69) is 25.9 Å². The van der Waals surface area contributed by atoms with E-state index in [9.17, 15) is 14.0 Å². The number of benzene rings is 2. The van der Waals surface area contributed by atoms with Gasteiger partial charge in [0.15, 0.2) is 0 Å². The molecule has 1 atom stereocenters. The van der Waals surface area contributed by atoms with Gasteiger partial charge in [-0.05, 0) is 35.9 Å². The maximum Gasteiger partial charge on any atom is 0.255 e. The minimum atomic E-state index is -1.21. The number of hydrogen-bond acceptors (Lipinski definition) is 7. The van der Waals surface area contributed by atoms with Gasteiger partial charge in [0.1, 0.15) is 24.3 Å². The molecule has 0 aliphatic carbocycles. The highest BCUT2D eigenvalue weighted by molar-refractivity contribution is 6.31. The maximum atomic E-state index is 13.5. The van der Waals surface area contributed by atoms with Crippen molar-refractivity contribution in [3.05, 3.63) is 76.8 Å². The van der Waals surface area contributed by atoms with Crippen LogP contribution in [0.15, 0.2) is 55.1 Å². The lowest BCUT2D eigenvalue weighted by Gasteiger charge is -2.27. The number of nitrogens with one attached hydrogen (secondary N) is 3. The molecule has 1 aliphatic rings. The predicted octanol–water partition coefficient (Wildman–Crippen LogP) is 3.56. The predicted molar refractivity (Wildman–Crippen MR) is 132 cm³/mol. The summed E-state index contributed by atoms with van der Waals surface area (Å²) in [6, 6.07) is 10.3. The van der Waals surface area contributed by atoms with Crippen molar-refractivity contribution in [2.24, 2.45) is 0 Å². The van der Waals surface area contributed by atoms with Crippen LogP contribution in [0.5, 0.6) is 5.75 Å². The van der Waals surface area contributed by atoms with Gasteiger partial charge >= 0.3 is 0 Å². The summed E-state index contributed by atoms with van der Waals surface area (Å²) in [5.41, 5.74) is 1.42. The molecule has 36 heavy (non-hydrogen) atoms. The number of carbonyl (C=O) groups is 2. The summed E-state index contributed by atoms with van der Waals surface area (Å²) in [6.45, 7) is -0.126. The molecule has 1 fully saturated rings. The standard InChI is InChI=1S/C25H25ClFN5O4/c1-35-20-4-5-22(17(8-20)10-27)31-19-3-2-16(21(26)9-19)13-30-24(34)25(6-7-36-14-25)32-23(33)18-11-28-15-29-12-18/h2-5,8-9,11-12,15,31H,6-7,10,13-14H2,1H3,(H,30,34)(H,32,33)/t25-/m0/s1. The minimum absolute atomic E-state index is 0.0492. The van der Waals surface area contributed by atoms with Crippen molar-refractivity contribution in [1.82, 2.24) is 20.6 Å². The van der Waals surface area contributed by atoms with E-state index in [0.717, 1.165) is 0 Å². The number of carbonyl (C=O) groups excluding carboxylic acids is 2. The van der Waals surface area contributed by atoms with Gasteiger partial charge in [0.05, 0.1) is 19.3 Å². The number of aromatic nitrogens is 2. The smallest absolute Gasteiger partial charge is 0.255 e. The zero-order valence-electron chi connectivity index (χ0n) is 19.5. The molecule has 1 aromatic heterocycles. The number of rotatable bonds is 9. The van der Waals surface area contributed by atoms with Gasteiger partial charge in [-0.1, -0.05) is 17.7 Å². The summed E-state index contributed by atoms with van der Waals surface area (Å²) in [4.78, 5) is 33.4. The Labute approximate surface area is 212 Å². The Bertz CT molecular complexity index is 1240. The molecular formula is C25H25ClFN5O4. The van der Waals surface area contributed by atoms with Crippen molar-refractivity contribution >= 4 is 34.8 Å². The Morgan fingerprint density at radius 2 is 1.97 bits per heavy atom. The van der Waals surface area contributed by atoms with E-state index in [1.807, 2.05) is 0 Å². The Morgan fingerprint density at radius 1 is 1.17 bits per heavy atom. The number of alkyl halides is 1. The number of amides is 2. The maximum absolute atomic E-state index is 13.5. The highest BCUT2D eigenvalue weighted by atomic mass is 35.5. The molecule has 11 heteroatoms. The first-order valence-corrected chi connectivity index (χ1v) is 11.5. The molecule has 2 amide bonds. The summed E-state index contributed by atoms with van der Waals surface area (Å²) in [5.74, 6) is -0.277. The molecule has 9 nitrogen and oxygen atoms in total. The lowest BCUT2D eigenvalue weighted by molar-refractivity contribution is -0.127. The van der Waals surface area contributed by atoms with Gasteiger partial charge in [-0.15, -0.1) is 0 Å². The van der Waals surface area contributed by atoms with E-state index >= 15 is 0 Å². The number of methoxy groups -OCH3 is 1. The van der Waals surface area contributed by atoms with Crippen molar-refractivity contribution in [2.45, 2.75) is 25.2 Å². The van der Waals surface area contributed by atoms with Crippen LogP contribution < -0.4 is 20.7 Å². The van der Waals surface area contributed by atoms with Gasteiger partial charge in [-0.25, -0.2) is 14.4 Å². The molecule has 1 saturated heterocycles. The second-order valence-corrected chi connectivity index (χ2v) is 8.64. The molecular weight excluding hydrogens is 489 g/mol. The average molecular weight is 514 g/mol. The third-order valence-electron chi connectivity index (χ3n) is 5.86. The van der Waals surface area contributed by atoms with Gasteiger partial charge in [0, 0.05) is 53.9 Å². The first-order valence-electron chi connectivity index (χ1n) is 11.2. The quantitative estimate of drug-likeness (QED) is 0.401. The Kier molecular flexibility index (Phi) is 7.97. The summed E-state index contributed by atoms with van der Waals surface area (Å²) in [6.07, 6.45) is 4.40. The fraction of sp³-hybridized carbons (Fsp3) is 0.280. The Balaban J connectivity index is 1.41. The molecule has 188 valence electrons. The van der Waals surface area contributed by atoms with Crippen LogP contribution in [0.2, 0.25) is 5.02 Å². The zero-order valence-corrected chi connectivity index (χ0v) is 20.3. The van der Waals surface area contributed by atoms with E-state index < -0.39 is 18.1 Å². The van der Waals surface area contributed by atoms with E-state index in [-0.39, 0.29) is 24.6 Å². The second kappa shape index (κ2) is 11.3. The third-order valence-corrected chi connectivity index (χ3v) is 6.21. The molecule has 0 bridgehead atoms. The highest BCUT2D eigenvalue weighted by Gasteiger charge is 2.43. The summed E-state index contributed by atoms with van der Waals surface area (Å²) < 4.78 is 24.0. The lowest BCUT2D eigenvalue weighted by Crippen LogP contribution is -2.59. The number of nitrogens with zero attached hydrogens (tertiary/aromatic N) is 2. The van der Waals surface area contributed by atoms with Crippen LogP contribution in [0.1, 0.15) is 27.9 Å². The molecule has 0 spiro atoms. The Hall–Kier alpha value is -3.76. The van der Waals surface area contributed by atoms with E-state index in [1.54, 1.807) is 36.4 Å². The first kappa shape index (κ1) is 25.3. The van der Waals surface area contributed by atoms with Crippen LogP contribution in [-0.2, 0) is 22.8 Å². The number of hydrogen-bond donors (Lipinski definition) is 3. The molecule has 3 N–H and O–H groups in total. The highest BCUT2D eigenvalue weighted by Crippen LogP contribution is 2.29. The van der Waals surface area contributed by atoms with Gasteiger partial charge in [0.25, 0.3) is 5.91 Å². The van der Waals surface area contributed by atoms with E-state index in [4.69, 9.17) is 21.1 Å². The zero-order chi connectivity index (χ0) is 25.5. The fourth-order valence-corrected chi connectivity index (χ4v) is 4.05. The van der Waals surface area contributed by atoms with Crippen LogP contribution in [0, 0.1) is 0 Å². The summed E-state index contributed by atoms with van der Waals surface area (Å²) in [7, 11) is 1.52. The van der Waals surface area contributed by atoms with Crippen molar-refractivity contribution in [2.75, 3.05) is 25.6 Å². The minimum Gasteiger partial charge on any atom is -0.497 e. The second-order valence-electron chi connectivity index (χ2n) is 8.24. The molecule has 0 radical (unpaired) electrons. The van der Waals surface area contributed by atoms with Crippen LogP contribution in [0.3, 0.4) is 0 Å². The van der Waals surface area contributed by atoms with Crippen LogP contribution in [0.4, 0.5) is 15.8 Å². The SMILES string of the molecule is COc1ccc(Nc2ccc(CNC(=O)[C@]3(NC(=O)c4cncnc4)CCOC3)c(Cl)c2)c(CF)c1. The number of halogens is 2. The normalized spacial score (nSPS) is 16.9.